The molecule has 2 fully saturated rings. The average Bonchev–Trinajstić information content (AvgIpc) is 3.13. The zero-order valence-electron chi connectivity index (χ0n) is 13.4. The first-order valence-corrected chi connectivity index (χ1v) is 8.65. The molecule has 2 aromatic heterocycles. The molecule has 3 heterocycles. The molecule has 1 saturated heterocycles. The largest absolute Gasteiger partial charge is 0.468 e. The Morgan fingerprint density at radius 2 is 2.04 bits per heavy atom. The molecule has 4 nitrogen and oxygen atoms in total. The van der Waals surface area contributed by atoms with Gasteiger partial charge in [0.1, 0.15) is 5.76 Å². The molecule has 2 aliphatic rings. The third-order valence-electron chi connectivity index (χ3n) is 4.98. The molecule has 2 atom stereocenters. The van der Waals surface area contributed by atoms with E-state index < -0.39 is 0 Å². The number of likely N-dealkylation sites (tertiary alicyclic amines) is 1. The summed E-state index contributed by atoms with van der Waals surface area (Å²) in [6.07, 6.45) is 10.7. The van der Waals surface area contributed by atoms with E-state index >= 15 is 0 Å². The molecule has 0 N–H and O–H groups in total. The summed E-state index contributed by atoms with van der Waals surface area (Å²) >= 11 is 0. The number of furan rings is 1. The molecule has 1 aliphatic heterocycles. The molecule has 0 radical (unpaired) electrons. The Morgan fingerprint density at radius 3 is 2.78 bits per heavy atom. The maximum absolute atomic E-state index is 6.27. The highest BCUT2D eigenvalue weighted by Gasteiger charge is 2.36. The lowest BCUT2D eigenvalue weighted by atomic mass is 10.0. The van der Waals surface area contributed by atoms with Crippen LogP contribution in [0.4, 0.5) is 0 Å². The normalized spacial score (nSPS) is 25.0. The van der Waals surface area contributed by atoms with Crippen molar-refractivity contribution in [1.82, 2.24) is 9.88 Å². The number of rotatable bonds is 7. The van der Waals surface area contributed by atoms with E-state index in [0.717, 1.165) is 44.2 Å². The quantitative estimate of drug-likeness (QED) is 0.786. The first-order chi connectivity index (χ1) is 11.4. The van der Waals surface area contributed by atoms with E-state index in [0.29, 0.717) is 12.1 Å². The molecule has 122 valence electrons. The summed E-state index contributed by atoms with van der Waals surface area (Å²) in [5.41, 5.74) is 1.33. The van der Waals surface area contributed by atoms with Gasteiger partial charge in [0.25, 0.3) is 0 Å². The SMILES string of the molecule is c1coc(CN2CC[C@H](OCC3CC3)[C@@H]2Cc2ccncc2)c1. The van der Waals surface area contributed by atoms with Crippen LogP contribution < -0.4 is 0 Å². The van der Waals surface area contributed by atoms with Gasteiger partial charge >= 0.3 is 0 Å². The Labute approximate surface area is 137 Å². The van der Waals surface area contributed by atoms with Crippen LogP contribution in [-0.4, -0.2) is 35.2 Å². The van der Waals surface area contributed by atoms with E-state index in [1.165, 1.54) is 18.4 Å². The van der Waals surface area contributed by atoms with E-state index in [4.69, 9.17) is 9.15 Å². The van der Waals surface area contributed by atoms with Gasteiger partial charge in [0.2, 0.25) is 0 Å². The fourth-order valence-electron chi connectivity index (χ4n) is 3.44. The summed E-state index contributed by atoms with van der Waals surface area (Å²) in [5, 5.41) is 0. The molecule has 0 aromatic carbocycles. The van der Waals surface area contributed by atoms with Gasteiger partial charge in [-0.15, -0.1) is 0 Å². The Balaban J connectivity index is 1.45. The molecule has 4 heteroatoms. The van der Waals surface area contributed by atoms with Crippen molar-refractivity contribution in [1.29, 1.82) is 0 Å². The second-order valence-electron chi connectivity index (χ2n) is 6.78. The second-order valence-corrected chi connectivity index (χ2v) is 6.78. The van der Waals surface area contributed by atoms with Crippen molar-refractivity contribution in [2.24, 2.45) is 5.92 Å². The number of aromatic nitrogens is 1. The number of ether oxygens (including phenoxy) is 1. The van der Waals surface area contributed by atoms with Crippen LogP contribution in [0.3, 0.4) is 0 Å². The van der Waals surface area contributed by atoms with Crippen LogP contribution >= 0.6 is 0 Å². The lowest BCUT2D eigenvalue weighted by Gasteiger charge is -2.27. The number of pyridine rings is 1. The summed E-state index contributed by atoms with van der Waals surface area (Å²) in [5.74, 6) is 1.85. The highest BCUT2D eigenvalue weighted by atomic mass is 16.5. The first kappa shape index (κ1) is 14.9. The van der Waals surface area contributed by atoms with Crippen LogP contribution in [-0.2, 0) is 17.7 Å². The third kappa shape index (κ3) is 3.82. The van der Waals surface area contributed by atoms with Gasteiger partial charge in [-0.2, -0.15) is 0 Å². The topological polar surface area (TPSA) is 38.5 Å². The van der Waals surface area contributed by atoms with Gasteiger partial charge in [-0.3, -0.25) is 9.88 Å². The Morgan fingerprint density at radius 1 is 1.17 bits per heavy atom. The van der Waals surface area contributed by atoms with Gasteiger partial charge in [-0.1, -0.05) is 0 Å². The molecule has 0 amide bonds. The fraction of sp³-hybridized carbons (Fsp3) is 0.526. The molecule has 0 bridgehead atoms. The minimum absolute atomic E-state index is 0.332. The van der Waals surface area contributed by atoms with Crippen LogP contribution in [0.25, 0.3) is 0 Å². The van der Waals surface area contributed by atoms with Crippen molar-refractivity contribution in [3.05, 3.63) is 54.2 Å². The minimum atomic E-state index is 0.332. The molecule has 1 aliphatic carbocycles. The maximum atomic E-state index is 6.27. The van der Waals surface area contributed by atoms with E-state index in [1.807, 2.05) is 18.5 Å². The Kier molecular flexibility index (Phi) is 4.44. The monoisotopic (exact) mass is 312 g/mol. The van der Waals surface area contributed by atoms with E-state index in [1.54, 1.807) is 6.26 Å². The Hall–Kier alpha value is -1.65. The predicted octanol–water partition coefficient (Wildman–Crippen LogP) is 3.29. The van der Waals surface area contributed by atoms with Crippen molar-refractivity contribution in [3.63, 3.8) is 0 Å². The first-order valence-electron chi connectivity index (χ1n) is 8.65. The minimum Gasteiger partial charge on any atom is -0.468 e. The summed E-state index contributed by atoms with van der Waals surface area (Å²) < 4.78 is 11.8. The van der Waals surface area contributed by atoms with E-state index in [2.05, 4.69) is 28.1 Å². The number of hydrogen-bond acceptors (Lipinski definition) is 4. The lowest BCUT2D eigenvalue weighted by Crippen LogP contribution is -2.38. The van der Waals surface area contributed by atoms with Gasteiger partial charge in [-0.25, -0.2) is 0 Å². The lowest BCUT2D eigenvalue weighted by molar-refractivity contribution is 0.0187. The van der Waals surface area contributed by atoms with Gasteiger partial charge < -0.3 is 9.15 Å². The average molecular weight is 312 g/mol. The molecular weight excluding hydrogens is 288 g/mol. The maximum Gasteiger partial charge on any atom is 0.117 e. The van der Waals surface area contributed by atoms with Crippen LogP contribution in [0.15, 0.2) is 47.3 Å². The molecule has 0 spiro atoms. The Bertz CT molecular complexity index is 595. The van der Waals surface area contributed by atoms with Crippen molar-refractivity contribution in [2.45, 2.75) is 44.4 Å². The molecular formula is C19H24N2O2. The van der Waals surface area contributed by atoms with E-state index in [9.17, 15) is 0 Å². The van der Waals surface area contributed by atoms with Crippen molar-refractivity contribution < 1.29 is 9.15 Å². The van der Waals surface area contributed by atoms with Crippen molar-refractivity contribution >= 4 is 0 Å². The van der Waals surface area contributed by atoms with Gasteiger partial charge in [0, 0.05) is 31.6 Å². The molecule has 0 unspecified atom stereocenters. The molecule has 1 saturated carbocycles. The summed E-state index contributed by atoms with van der Waals surface area (Å²) in [7, 11) is 0. The second kappa shape index (κ2) is 6.85. The van der Waals surface area contributed by atoms with Gasteiger partial charge in [-0.05, 0) is 61.4 Å². The van der Waals surface area contributed by atoms with Crippen LogP contribution in [0.5, 0.6) is 0 Å². The highest BCUT2D eigenvalue weighted by molar-refractivity contribution is 5.13. The molecule has 23 heavy (non-hydrogen) atoms. The van der Waals surface area contributed by atoms with Gasteiger partial charge in [0.05, 0.1) is 18.9 Å². The number of hydrogen-bond donors (Lipinski definition) is 0. The standard InChI is InChI=1S/C19H24N2O2/c1-2-17(22-11-1)13-21-10-7-19(23-14-16-3-4-16)18(21)12-15-5-8-20-9-6-15/h1-2,5-6,8-9,11,16,18-19H,3-4,7,10,12-14H2/t18-,19-/m0/s1. The zero-order chi connectivity index (χ0) is 15.5. The molecule has 4 rings (SSSR count). The predicted molar refractivity (Wildman–Crippen MR) is 87.9 cm³/mol. The number of nitrogens with zero attached hydrogens (tertiary/aromatic N) is 2. The summed E-state index contributed by atoms with van der Waals surface area (Å²) in [6.45, 7) is 2.88. The van der Waals surface area contributed by atoms with Crippen LogP contribution in [0, 0.1) is 5.92 Å². The van der Waals surface area contributed by atoms with Crippen molar-refractivity contribution in [3.8, 4) is 0 Å². The van der Waals surface area contributed by atoms with Gasteiger partial charge in [0.15, 0.2) is 0 Å². The summed E-state index contributed by atoms with van der Waals surface area (Å²) in [4.78, 5) is 6.64. The summed E-state index contributed by atoms with van der Waals surface area (Å²) in [6, 6.07) is 8.66. The highest BCUT2D eigenvalue weighted by Crippen LogP contribution is 2.32. The third-order valence-corrected chi connectivity index (χ3v) is 4.98. The zero-order valence-corrected chi connectivity index (χ0v) is 13.4. The van der Waals surface area contributed by atoms with Crippen molar-refractivity contribution in [2.75, 3.05) is 13.2 Å². The molecule has 2 aromatic rings. The van der Waals surface area contributed by atoms with Crippen LogP contribution in [0.1, 0.15) is 30.6 Å². The fourth-order valence-corrected chi connectivity index (χ4v) is 3.44. The van der Waals surface area contributed by atoms with E-state index in [-0.39, 0.29) is 0 Å². The smallest absolute Gasteiger partial charge is 0.117 e. The van der Waals surface area contributed by atoms with Crippen LogP contribution in [0.2, 0.25) is 0 Å².